The first kappa shape index (κ1) is 33.5. The second-order valence-electron chi connectivity index (χ2n) is 11.2. The number of fused-ring (bicyclic) bond motifs is 4. The molecule has 2 aliphatic carbocycles. The van der Waals surface area contributed by atoms with Gasteiger partial charge in [-0.25, -0.2) is 0 Å². The molecule has 0 radical (unpaired) electrons. The SMILES string of the molecule is CC1(c2cccc3ccccc23)[C-]=c2ccccc2=C1.CC1(c2cccc3ccccc23)[C-]=c2ccccc2=C1.Cl.Cl.[CH2]=[Zr+2]. The maximum absolute atomic E-state index is 3.66. The van der Waals surface area contributed by atoms with Gasteiger partial charge in [-0.2, -0.15) is 34.7 Å². The van der Waals surface area contributed by atoms with Gasteiger partial charge >= 0.3 is 28.4 Å². The topological polar surface area (TPSA) is 0 Å². The third-order valence-electron chi connectivity index (χ3n) is 8.30. The van der Waals surface area contributed by atoms with Crippen LogP contribution in [0.25, 0.3) is 45.8 Å². The molecular formula is C41H34Cl2Zr. The molecule has 2 aliphatic rings. The van der Waals surface area contributed by atoms with Crippen molar-refractivity contribution in [2.75, 3.05) is 0 Å². The van der Waals surface area contributed by atoms with E-state index < -0.39 is 0 Å². The van der Waals surface area contributed by atoms with Crippen LogP contribution in [0.5, 0.6) is 0 Å². The average Bonchev–Trinajstić information content (AvgIpc) is 3.58. The van der Waals surface area contributed by atoms with Gasteiger partial charge in [0.1, 0.15) is 0 Å². The first-order chi connectivity index (χ1) is 20.5. The summed E-state index contributed by atoms with van der Waals surface area (Å²) in [5.41, 5.74) is 2.35. The summed E-state index contributed by atoms with van der Waals surface area (Å²) in [5.74, 6) is 0. The van der Waals surface area contributed by atoms with Crippen molar-refractivity contribution in [1.29, 1.82) is 0 Å². The first-order valence-corrected chi connectivity index (χ1v) is 16.0. The molecule has 6 aromatic rings. The molecule has 0 saturated carbocycles. The van der Waals surface area contributed by atoms with E-state index in [2.05, 4.69) is 176 Å². The minimum absolute atomic E-state index is 0. The Balaban J connectivity index is 0.000000182. The van der Waals surface area contributed by atoms with Crippen molar-refractivity contribution in [2.45, 2.75) is 24.7 Å². The number of hydrogen-bond donors (Lipinski definition) is 0. The van der Waals surface area contributed by atoms with Gasteiger partial charge in [0.25, 0.3) is 0 Å². The first-order valence-electron chi connectivity index (χ1n) is 14.3. The van der Waals surface area contributed by atoms with Crippen molar-refractivity contribution >= 4 is 74.9 Å². The van der Waals surface area contributed by atoms with Gasteiger partial charge in [0.05, 0.1) is 0 Å². The van der Waals surface area contributed by atoms with E-state index >= 15 is 0 Å². The second-order valence-corrected chi connectivity index (χ2v) is 11.2. The molecule has 0 bridgehead atoms. The van der Waals surface area contributed by atoms with Crippen molar-refractivity contribution < 1.29 is 24.2 Å². The summed E-state index contributed by atoms with van der Waals surface area (Å²) < 4.78 is 3.34. The molecule has 0 spiro atoms. The van der Waals surface area contributed by atoms with Gasteiger partial charge in [-0.1, -0.05) is 111 Å². The van der Waals surface area contributed by atoms with E-state index in [1.807, 2.05) is 0 Å². The predicted octanol–water partition coefficient (Wildman–Crippen LogP) is 7.31. The average molecular weight is 689 g/mol. The second kappa shape index (κ2) is 14.2. The van der Waals surface area contributed by atoms with Crippen molar-refractivity contribution in [1.82, 2.24) is 0 Å². The van der Waals surface area contributed by atoms with Crippen molar-refractivity contribution in [3.8, 4) is 0 Å². The Morgan fingerprint density at radius 2 is 0.795 bits per heavy atom. The van der Waals surface area contributed by atoms with Crippen LogP contribution in [0, 0.1) is 0 Å². The van der Waals surface area contributed by atoms with E-state index in [1.165, 1.54) is 77.8 Å². The van der Waals surface area contributed by atoms with Crippen LogP contribution < -0.4 is 20.9 Å². The van der Waals surface area contributed by atoms with Gasteiger partial charge in [-0.15, -0.1) is 71.7 Å². The molecule has 6 aromatic carbocycles. The zero-order valence-electron chi connectivity index (χ0n) is 24.9. The van der Waals surface area contributed by atoms with Crippen LogP contribution in [-0.4, -0.2) is 4.21 Å². The molecule has 0 saturated heterocycles. The van der Waals surface area contributed by atoms with Gasteiger partial charge in [0, 0.05) is 0 Å². The third kappa shape index (κ3) is 6.38. The van der Waals surface area contributed by atoms with E-state index in [0.717, 1.165) is 0 Å². The van der Waals surface area contributed by atoms with Crippen molar-refractivity contribution in [3.63, 3.8) is 0 Å². The van der Waals surface area contributed by atoms with Gasteiger partial charge in [-0.3, -0.25) is 0 Å². The van der Waals surface area contributed by atoms with Gasteiger partial charge < -0.3 is 0 Å². The summed E-state index contributed by atoms with van der Waals surface area (Å²) in [7, 11) is 0. The fourth-order valence-electron chi connectivity index (χ4n) is 6.37. The number of hydrogen-bond acceptors (Lipinski definition) is 0. The van der Waals surface area contributed by atoms with Crippen LogP contribution >= 0.6 is 24.8 Å². The van der Waals surface area contributed by atoms with E-state index in [4.69, 9.17) is 0 Å². The minimum atomic E-state index is -0.148. The molecular weight excluding hydrogens is 655 g/mol. The summed E-state index contributed by atoms with van der Waals surface area (Å²) >= 11 is 1.30. The normalized spacial score (nSPS) is 18.5. The molecule has 2 unspecified atom stereocenters. The monoisotopic (exact) mass is 686 g/mol. The summed E-state index contributed by atoms with van der Waals surface area (Å²) in [4.78, 5) is 0. The molecule has 8 rings (SSSR count). The van der Waals surface area contributed by atoms with E-state index in [-0.39, 0.29) is 35.6 Å². The Morgan fingerprint density at radius 1 is 0.455 bits per heavy atom. The molecule has 2 atom stereocenters. The molecule has 216 valence electrons. The van der Waals surface area contributed by atoms with E-state index in [1.54, 1.807) is 0 Å². The molecule has 44 heavy (non-hydrogen) atoms. The Kier molecular flexibility index (Phi) is 10.8. The Hall–Kier alpha value is -3.35. The standard InChI is InChI=1S/2C20H15.CH2.2ClH.Zr/c2*1-20(13-16-8-2-3-9-17(16)14-20)19-12-6-10-15-7-4-5-11-18(15)19;;;;/h2*2-13H,1H3;1H2;2*1H;/q2*-1;;;;+2. The zero-order chi connectivity index (χ0) is 29.2. The molecule has 0 aliphatic heterocycles. The number of benzene rings is 6. The van der Waals surface area contributed by atoms with Crippen molar-refractivity contribution in [3.05, 3.63) is 165 Å². The summed E-state index contributed by atoms with van der Waals surface area (Å²) in [6, 6.07) is 47.2. The van der Waals surface area contributed by atoms with Gasteiger partial charge in [0.15, 0.2) is 0 Å². The Labute approximate surface area is 287 Å². The summed E-state index contributed by atoms with van der Waals surface area (Å²) in [6.45, 7) is 4.49. The summed E-state index contributed by atoms with van der Waals surface area (Å²) in [6.07, 6.45) is 12.0. The Bertz CT molecular complexity index is 1940. The summed E-state index contributed by atoms with van der Waals surface area (Å²) in [5, 5.41) is 10.2. The number of halogens is 2. The van der Waals surface area contributed by atoms with Crippen LogP contribution in [0.3, 0.4) is 0 Å². The molecule has 0 N–H and O–H groups in total. The predicted molar refractivity (Wildman–Crippen MR) is 191 cm³/mol. The van der Waals surface area contributed by atoms with E-state index in [9.17, 15) is 0 Å². The van der Waals surface area contributed by atoms with Crippen LogP contribution in [-0.2, 0) is 35.1 Å². The fraction of sp³-hybridized carbons (Fsp3) is 0.0976. The quantitative estimate of drug-likeness (QED) is 0.168. The van der Waals surface area contributed by atoms with Crippen molar-refractivity contribution in [2.24, 2.45) is 0 Å². The zero-order valence-corrected chi connectivity index (χ0v) is 29.0. The molecule has 0 aromatic heterocycles. The molecule has 3 heteroatoms. The third-order valence-corrected chi connectivity index (χ3v) is 8.30. The van der Waals surface area contributed by atoms with E-state index in [0.29, 0.717) is 0 Å². The molecule has 0 amide bonds. The molecule has 0 fully saturated rings. The van der Waals surface area contributed by atoms with Crippen LogP contribution in [0.2, 0.25) is 0 Å². The van der Waals surface area contributed by atoms with Crippen LogP contribution in [0.1, 0.15) is 25.0 Å². The number of rotatable bonds is 2. The Morgan fingerprint density at radius 3 is 1.20 bits per heavy atom. The fourth-order valence-corrected chi connectivity index (χ4v) is 6.37. The van der Waals surface area contributed by atoms with Crippen LogP contribution in [0.4, 0.5) is 0 Å². The molecule has 0 heterocycles. The maximum atomic E-state index is 3.66. The van der Waals surface area contributed by atoms with Gasteiger partial charge in [-0.05, 0) is 43.5 Å². The van der Waals surface area contributed by atoms with Crippen LogP contribution in [0.15, 0.2) is 133 Å². The van der Waals surface area contributed by atoms with Gasteiger partial charge in [0.2, 0.25) is 0 Å². The molecule has 0 nitrogen and oxygen atoms in total.